The second-order valence-electron chi connectivity index (χ2n) is 3.88. The van der Waals surface area contributed by atoms with Gasteiger partial charge < -0.3 is 11.1 Å². The lowest BCUT2D eigenvalue weighted by Crippen LogP contribution is -2.26. The lowest BCUT2D eigenvalue weighted by molar-refractivity contribution is 0.602. The van der Waals surface area contributed by atoms with Gasteiger partial charge in [0.15, 0.2) is 0 Å². The maximum atomic E-state index is 5.70. The first-order valence-electron chi connectivity index (χ1n) is 4.89. The van der Waals surface area contributed by atoms with E-state index in [1.165, 1.54) is 0 Å². The van der Waals surface area contributed by atoms with E-state index < -0.39 is 0 Å². The predicted molar refractivity (Wildman–Crippen MR) is 58.1 cm³/mol. The summed E-state index contributed by atoms with van der Waals surface area (Å²) >= 11 is 0. The maximum absolute atomic E-state index is 5.70. The normalized spacial score (nSPS) is 14.9. The Balaban J connectivity index is 2.51. The molecule has 0 bridgehead atoms. The minimum Gasteiger partial charge on any atom is -0.366 e. The number of aryl methyl sites for hydroxylation is 1. The first kappa shape index (κ1) is 10.9. The average Bonchev–Trinajstić information content (AvgIpc) is 2.01. The Bertz CT molecular complexity index is 285. The number of anilines is 1. The Labute approximate surface area is 84.9 Å². The van der Waals surface area contributed by atoms with Crippen molar-refractivity contribution >= 4 is 5.82 Å². The van der Waals surface area contributed by atoms with Crippen molar-refractivity contribution < 1.29 is 0 Å². The van der Waals surface area contributed by atoms with Crippen LogP contribution in [0, 0.1) is 6.92 Å². The van der Waals surface area contributed by atoms with Crippen molar-refractivity contribution in [3.63, 3.8) is 0 Å². The highest BCUT2D eigenvalue weighted by molar-refractivity contribution is 5.35. The van der Waals surface area contributed by atoms with E-state index in [1.54, 1.807) is 6.20 Å². The van der Waals surface area contributed by atoms with Gasteiger partial charge in [0.2, 0.25) is 0 Å². The number of hydrogen-bond donors (Lipinski definition) is 2. The molecule has 1 aromatic rings. The quantitative estimate of drug-likeness (QED) is 0.758. The van der Waals surface area contributed by atoms with Gasteiger partial charge >= 0.3 is 0 Å². The van der Waals surface area contributed by atoms with Gasteiger partial charge in [-0.2, -0.15) is 5.10 Å². The summed E-state index contributed by atoms with van der Waals surface area (Å²) in [5, 5.41) is 11.1. The Morgan fingerprint density at radius 1 is 1.50 bits per heavy atom. The third-order valence-corrected chi connectivity index (χ3v) is 1.91. The second-order valence-corrected chi connectivity index (χ2v) is 3.88. The second kappa shape index (κ2) is 4.91. The van der Waals surface area contributed by atoms with Crippen LogP contribution < -0.4 is 11.1 Å². The highest BCUT2D eigenvalue weighted by Crippen LogP contribution is 2.07. The van der Waals surface area contributed by atoms with Gasteiger partial charge in [0.1, 0.15) is 5.82 Å². The summed E-state index contributed by atoms with van der Waals surface area (Å²) in [6, 6.07) is 2.51. The fourth-order valence-corrected chi connectivity index (χ4v) is 1.40. The molecule has 0 fully saturated rings. The van der Waals surface area contributed by atoms with E-state index in [0.717, 1.165) is 17.8 Å². The molecular formula is C10H18N4. The number of nitrogens with two attached hydrogens (primary N) is 1. The molecule has 2 atom stereocenters. The lowest BCUT2D eigenvalue weighted by atomic mass is 10.1. The van der Waals surface area contributed by atoms with Gasteiger partial charge in [-0.05, 0) is 38.8 Å². The van der Waals surface area contributed by atoms with Crippen molar-refractivity contribution in [2.24, 2.45) is 5.73 Å². The van der Waals surface area contributed by atoms with E-state index in [1.807, 2.05) is 19.9 Å². The molecule has 0 aromatic carbocycles. The van der Waals surface area contributed by atoms with E-state index in [9.17, 15) is 0 Å². The topological polar surface area (TPSA) is 63.8 Å². The number of rotatable bonds is 4. The Morgan fingerprint density at radius 3 is 2.79 bits per heavy atom. The highest BCUT2D eigenvalue weighted by Gasteiger charge is 2.05. The Kier molecular flexibility index (Phi) is 3.83. The molecule has 4 heteroatoms. The summed E-state index contributed by atoms with van der Waals surface area (Å²) in [6.45, 7) is 6.09. The van der Waals surface area contributed by atoms with Crippen LogP contribution in [-0.2, 0) is 0 Å². The van der Waals surface area contributed by atoms with Crippen molar-refractivity contribution in [3.05, 3.63) is 17.8 Å². The van der Waals surface area contributed by atoms with E-state index >= 15 is 0 Å². The molecule has 0 aliphatic heterocycles. The zero-order valence-electron chi connectivity index (χ0n) is 8.99. The molecule has 78 valence electrons. The fraction of sp³-hybridized carbons (Fsp3) is 0.600. The van der Waals surface area contributed by atoms with Gasteiger partial charge in [0.25, 0.3) is 0 Å². The molecule has 0 amide bonds. The van der Waals surface area contributed by atoms with E-state index in [0.29, 0.717) is 6.04 Å². The smallest absolute Gasteiger partial charge is 0.149 e. The molecule has 1 heterocycles. The number of aromatic nitrogens is 2. The molecule has 0 saturated heterocycles. The Hall–Kier alpha value is -1.16. The van der Waals surface area contributed by atoms with Gasteiger partial charge in [-0.25, -0.2) is 0 Å². The van der Waals surface area contributed by atoms with Gasteiger partial charge in [0.05, 0.1) is 6.20 Å². The van der Waals surface area contributed by atoms with Crippen LogP contribution in [0.3, 0.4) is 0 Å². The molecular weight excluding hydrogens is 176 g/mol. The Morgan fingerprint density at radius 2 is 2.21 bits per heavy atom. The van der Waals surface area contributed by atoms with Gasteiger partial charge in [-0.1, -0.05) is 0 Å². The predicted octanol–water partition coefficient (Wildman–Crippen LogP) is 1.32. The van der Waals surface area contributed by atoms with E-state index in [-0.39, 0.29) is 6.04 Å². The molecule has 0 saturated carbocycles. The molecule has 2 unspecified atom stereocenters. The van der Waals surface area contributed by atoms with Crippen molar-refractivity contribution in [2.75, 3.05) is 5.32 Å². The number of hydrogen-bond acceptors (Lipinski definition) is 4. The third kappa shape index (κ3) is 3.70. The monoisotopic (exact) mass is 194 g/mol. The van der Waals surface area contributed by atoms with Crippen LogP contribution in [0.25, 0.3) is 0 Å². The number of nitrogens with zero attached hydrogens (tertiary/aromatic N) is 2. The molecule has 4 nitrogen and oxygen atoms in total. The summed E-state index contributed by atoms with van der Waals surface area (Å²) in [4.78, 5) is 0. The molecule has 0 spiro atoms. The van der Waals surface area contributed by atoms with E-state index in [4.69, 9.17) is 5.73 Å². The maximum Gasteiger partial charge on any atom is 0.149 e. The zero-order chi connectivity index (χ0) is 10.6. The molecule has 0 aliphatic carbocycles. The van der Waals surface area contributed by atoms with Crippen LogP contribution >= 0.6 is 0 Å². The van der Waals surface area contributed by atoms with Crippen LogP contribution in [0.5, 0.6) is 0 Å². The molecule has 0 radical (unpaired) electrons. The minimum absolute atomic E-state index is 0.204. The van der Waals surface area contributed by atoms with Gasteiger partial charge in [0, 0.05) is 12.1 Å². The van der Waals surface area contributed by atoms with Crippen molar-refractivity contribution in [1.82, 2.24) is 10.2 Å². The highest BCUT2D eigenvalue weighted by atomic mass is 15.2. The minimum atomic E-state index is 0.204. The van der Waals surface area contributed by atoms with Crippen molar-refractivity contribution in [3.8, 4) is 0 Å². The molecule has 14 heavy (non-hydrogen) atoms. The summed E-state index contributed by atoms with van der Waals surface area (Å²) in [5.41, 5.74) is 6.81. The third-order valence-electron chi connectivity index (χ3n) is 1.91. The summed E-state index contributed by atoms with van der Waals surface area (Å²) in [5.74, 6) is 0.818. The average molecular weight is 194 g/mol. The zero-order valence-corrected chi connectivity index (χ0v) is 8.99. The van der Waals surface area contributed by atoms with Crippen LogP contribution in [0.15, 0.2) is 12.3 Å². The van der Waals surface area contributed by atoms with Crippen LogP contribution in [-0.4, -0.2) is 22.3 Å². The largest absolute Gasteiger partial charge is 0.366 e. The first-order valence-corrected chi connectivity index (χ1v) is 4.89. The summed E-state index contributed by atoms with van der Waals surface area (Å²) < 4.78 is 0. The summed E-state index contributed by atoms with van der Waals surface area (Å²) in [7, 11) is 0. The standard InChI is InChI=1S/C10H18N4/c1-7-4-10(14-12-6-7)13-9(3)5-8(2)11/h4,6,8-9H,5,11H2,1-3H3,(H,13,14). The van der Waals surface area contributed by atoms with Crippen LogP contribution in [0.1, 0.15) is 25.8 Å². The first-order chi connectivity index (χ1) is 6.58. The molecule has 1 aromatic heterocycles. The lowest BCUT2D eigenvalue weighted by Gasteiger charge is -2.15. The number of nitrogens with one attached hydrogen (secondary N) is 1. The van der Waals surface area contributed by atoms with Crippen molar-refractivity contribution in [1.29, 1.82) is 0 Å². The van der Waals surface area contributed by atoms with Crippen LogP contribution in [0.2, 0.25) is 0 Å². The van der Waals surface area contributed by atoms with Crippen LogP contribution in [0.4, 0.5) is 5.82 Å². The summed E-state index contributed by atoms with van der Waals surface area (Å²) in [6.07, 6.45) is 2.66. The fourth-order valence-electron chi connectivity index (χ4n) is 1.40. The SMILES string of the molecule is Cc1cnnc(NC(C)CC(C)N)c1. The van der Waals surface area contributed by atoms with E-state index in [2.05, 4.69) is 22.4 Å². The van der Waals surface area contributed by atoms with Crippen molar-refractivity contribution in [2.45, 2.75) is 39.3 Å². The molecule has 1 rings (SSSR count). The molecule has 0 aliphatic rings. The molecule has 3 N–H and O–H groups in total. The van der Waals surface area contributed by atoms with Gasteiger partial charge in [-0.15, -0.1) is 5.10 Å². The van der Waals surface area contributed by atoms with Gasteiger partial charge in [-0.3, -0.25) is 0 Å².